The van der Waals surface area contributed by atoms with Crippen LogP contribution in [0.15, 0.2) is 11.6 Å². The highest BCUT2D eigenvalue weighted by Crippen LogP contribution is 2.68. The van der Waals surface area contributed by atoms with Crippen molar-refractivity contribution in [1.82, 2.24) is 0 Å². The van der Waals surface area contributed by atoms with E-state index in [4.69, 9.17) is 0 Å². The predicted molar refractivity (Wildman–Crippen MR) is 97.4 cm³/mol. The van der Waals surface area contributed by atoms with Crippen molar-refractivity contribution in [2.75, 3.05) is 5.75 Å². The molecule has 128 valence electrons. The summed E-state index contributed by atoms with van der Waals surface area (Å²) in [5.41, 5.74) is 2.68. The summed E-state index contributed by atoms with van der Waals surface area (Å²) >= 11 is 2.23. The van der Waals surface area contributed by atoms with Gasteiger partial charge < -0.3 is 5.11 Å². The molecular formula is C21H32OS. The van der Waals surface area contributed by atoms with Gasteiger partial charge in [-0.25, -0.2) is 0 Å². The minimum atomic E-state index is -0.0671. The van der Waals surface area contributed by atoms with E-state index in [1.54, 1.807) is 5.57 Å². The minimum Gasteiger partial charge on any atom is -0.393 e. The van der Waals surface area contributed by atoms with E-state index in [9.17, 15) is 5.11 Å². The summed E-state index contributed by atoms with van der Waals surface area (Å²) < 4.78 is 0. The van der Waals surface area contributed by atoms with Gasteiger partial charge in [0.15, 0.2) is 0 Å². The molecule has 1 N–H and O–H groups in total. The Morgan fingerprint density at radius 1 is 1.04 bits per heavy atom. The summed E-state index contributed by atoms with van der Waals surface area (Å²) in [4.78, 5) is 0. The average molecular weight is 333 g/mol. The zero-order chi connectivity index (χ0) is 15.8. The first-order chi connectivity index (χ1) is 11.0. The maximum Gasteiger partial charge on any atom is 0.0577 e. The van der Waals surface area contributed by atoms with Crippen LogP contribution in [0.25, 0.3) is 0 Å². The SMILES string of the molecule is C[C@]12CC[C@H]3[C@@H](CC=C4CC(O)CC[C@@]43C)[C@@H]1CC[C@H]2C1CS1. The van der Waals surface area contributed by atoms with Crippen LogP contribution in [0.3, 0.4) is 0 Å². The summed E-state index contributed by atoms with van der Waals surface area (Å²) in [6, 6.07) is 0. The van der Waals surface area contributed by atoms with E-state index in [-0.39, 0.29) is 6.10 Å². The Hall–Kier alpha value is 0.0500. The smallest absolute Gasteiger partial charge is 0.0577 e. The van der Waals surface area contributed by atoms with Crippen LogP contribution in [-0.2, 0) is 0 Å². The molecule has 1 aliphatic heterocycles. The number of fused-ring (bicyclic) bond motifs is 5. The summed E-state index contributed by atoms with van der Waals surface area (Å²) in [5.74, 6) is 5.28. The highest BCUT2D eigenvalue weighted by molar-refractivity contribution is 8.06. The maximum absolute atomic E-state index is 10.1. The van der Waals surface area contributed by atoms with Gasteiger partial charge in [-0.2, -0.15) is 11.8 Å². The maximum atomic E-state index is 10.1. The molecule has 2 heteroatoms. The van der Waals surface area contributed by atoms with Gasteiger partial charge in [-0.3, -0.25) is 0 Å². The molecule has 0 spiro atoms. The van der Waals surface area contributed by atoms with E-state index < -0.39 is 0 Å². The quantitative estimate of drug-likeness (QED) is 0.536. The van der Waals surface area contributed by atoms with Crippen molar-refractivity contribution in [3.63, 3.8) is 0 Å². The van der Waals surface area contributed by atoms with Gasteiger partial charge >= 0.3 is 0 Å². The molecule has 3 saturated carbocycles. The number of aliphatic hydroxyl groups is 1. The van der Waals surface area contributed by atoms with Crippen molar-refractivity contribution in [2.45, 2.75) is 76.6 Å². The molecular weight excluding hydrogens is 300 g/mol. The zero-order valence-electron chi connectivity index (χ0n) is 14.8. The molecule has 0 aromatic rings. The van der Waals surface area contributed by atoms with Crippen molar-refractivity contribution in [3.05, 3.63) is 11.6 Å². The van der Waals surface area contributed by atoms with Gasteiger partial charge in [0, 0.05) is 11.0 Å². The Labute approximate surface area is 145 Å². The third-order valence-electron chi connectivity index (χ3n) is 8.96. The molecule has 1 nitrogen and oxygen atoms in total. The third-order valence-corrected chi connectivity index (χ3v) is 10.0. The molecule has 0 amide bonds. The molecule has 8 atom stereocenters. The lowest BCUT2D eigenvalue weighted by Gasteiger charge is -2.58. The first-order valence-electron chi connectivity index (χ1n) is 10.0. The Kier molecular flexibility index (Phi) is 3.35. The fraction of sp³-hybridized carbons (Fsp3) is 0.905. The van der Waals surface area contributed by atoms with E-state index in [1.165, 1.54) is 44.3 Å². The fourth-order valence-electron chi connectivity index (χ4n) is 7.58. The van der Waals surface area contributed by atoms with Gasteiger partial charge in [0.1, 0.15) is 0 Å². The van der Waals surface area contributed by atoms with Crippen LogP contribution in [0.5, 0.6) is 0 Å². The molecule has 0 aromatic heterocycles. The second-order valence-electron chi connectivity index (χ2n) is 9.76. The first kappa shape index (κ1) is 15.3. The topological polar surface area (TPSA) is 20.2 Å². The third kappa shape index (κ3) is 2.09. The van der Waals surface area contributed by atoms with E-state index in [0.29, 0.717) is 10.8 Å². The first-order valence-corrected chi connectivity index (χ1v) is 11.1. The normalized spacial score (nSPS) is 58.0. The van der Waals surface area contributed by atoms with Gasteiger partial charge in [0.25, 0.3) is 0 Å². The highest BCUT2D eigenvalue weighted by Gasteiger charge is 2.60. The molecule has 4 aliphatic carbocycles. The Morgan fingerprint density at radius 3 is 2.61 bits per heavy atom. The molecule has 23 heavy (non-hydrogen) atoms. The molecule has 4 fully saturated rings. The van der Waals surface area contributed by atoms with Crippen LogP contribution in [-0.4, -0.2) is 22.2 Å². The lowest BCUT2D eigenvalue weighted by Crippen LogP contribution is -2.50. The zero-order valence-corrected chi connectivity index (χ0v) is 15.6. The van der Waals surface area contributed by atoms with Crippen LogP contribution >= 0.6 is 11.8 Å². The monoisotopic (exact) mass is 332 g/mol. The van der Waals surface area contributed by atoms with Gasteiger partial charge in [-0.1, -0.05) is 25.5 Å². The van der Waals surface area contributed by atoms with E-state index >= 15 is 0 Å². The van der Waals surface area contributed by atoms with Gasteiger partial charge in [0.05, 0.1) is 6.10 Å². The standard InChI is InChI=1S/C21H32OS/c1-20-9-7-14(22)11-13(20)3-4-15-16-5-6-18(19-12-23-19)21(16,2)10-8-17(15)20/h3,14-19,22H,4-12H2,1-2H3/t14?,15-,16-,17-,18-,19?,20-,21-/m0/s1. The van der Waals surface area contributed by atoms with Crippen LogP contribution in [0, 0.1) is 34.5 Å². The number of hydrogen-bond acceptors (Lipinski definition) is 2. The molecule has 5 aliphatic rings. The Balaban J connectivity index is 1.46. The van der Waals surface area contributed by atoms with Crippen molar-refractivity contribution in [1.29, 1.82) is 0 Å². The van der Waals surface area contributed by atoms with Crippen molar-refractivity contribution >= 4 is 11.8 Å². The largest absolute Gasteiger partial charge is 0.393 e. The Morgan fingerprint density at radius 2 is 1.83 bits per heavy atom. The minimum absolute atomic E-state index is 0.0671. The molecule has 1 heterocycles. The predicted octanol–water partition coefficient (Wildman–Crippen LogP) is 5.04. The van der Waals surface area contributed by atoms with Crippen LogP contribution in [0.2, 0.25) is 0 Å². The van der Waals surface area contributed by atoms with Crippen LogP contribution < -0.4 is 0 Å². The second kappa shape index (κ2) is 5.04. The number of hydrogen-bond donors (Lipinski definition) is 1. The van der Waals surface area contributed by atoms with Gasteiger partial charge in [-0.15, -0.1) is 0 Å². The van der Waals surface area contributed by atoms with E-state index in [1.807, 2.05) is 0 Å². The van der Waals surface area contributed by atoms with Crippen molar-refractivity contribution < 1.29 is 5.11 Å². The summed E-state index contributed by atoms with van der Waals surface area (Å²) in [5, 5.41) is 11.1. The molecule has 0 aromatic carbocycles. The molecule has 1 saturated heterocycles. The summed E-state index contributed by atoms with van der Waals surface area (Å²) in [6.45, 7) is 5.21. The second-order valence-corrected chi connectivity index (χ2v) is 11.0. The number of thioether (sulfide) groups is 1. The van der Waals surface area contributed by atoms with Gasteiger partial charge in [-0.05, 0) is 85.9 Å². The molecule has 0 radical (unpaired) electrons. The fourth-order valence-corrected chi connectivity index (χ4v) is 8.60. The van der Waals surface area contributed by atoms with Gasteiger partial charge in [0.2, 0.25) is 0 Å². The van der Waals surface area contributed by atoms with Crippen LogP contribution in [0.4, 0.5) is 0 Å². The molecule has 5 rings (SSSR count). The highest BCUT2D eigenvalue weighted by atomic mass is 32.2. The summed E-state index contributed by atoms with van der Waals surface area (Å²) in [6.07, 6.45) is 13.0. The summed E-state index contributed by atoms with van der Waals surface area (Å²) in [7, 11) is 0. The number of rotatable bonds is 1. The molecule has 2 unspecified atom stereocenters. The van der Waals surface area contributed by atoms with Crippen molar-refractivity contribution in [3.8, 4) is 0 Å². The lowest BCUT2D eigenvalue weighted by molar-refractivity contribution is -0.0485. The molecule has 0 bridgehead atoms. The number of allylic oxidation sites excluding steroid dienone is 1. The van der Waals surface area contributed by atoms with E-state index in [0.717, 1.165) is 41.8 Å². The Bertz CT molecular complexity index is 538. The number of aliphatic hydroxyl groups excluding tert-OH is 1. The van der Waals surface area contributed by atoms with Crippen molar-refractivity contribution in [2.24, 2.45) is 34.5 Å². The van der Waals surface area contributed by atoms with E-state index in [2.05, 4.69) is 31.7 Å². The lowest BCUT2D eigenvalue weighted by atomic mass is 9.47. The average Bonchev–Trinajstić information content (AvgIpc) is 3.29. The van der Waals surface area contributed by atoms with Crippen LogP contribution in [0.1, 0.15) is 65.2 Å².